The number of aromatic amines is 1. The van der Waals surface area contributed by atoms with Gasteiger partial charge < -0.3 is 14.3 Å². The molecule has 4 aromatic heterocycles. The number of carbonyl (C=O) groups is 1. The second-order valence-corrected chi connectivity index (χ2v) is 9.35. The third-order valence-electron chi connectivity index (χ3n) is 6.41. The summed E-state index contributed by atoms with van der Waals surface area (Å²) in [4.78, 5) is 37.4. The Balaban J connectivity index is 1.49. The number of aromatic nitrogens is 4. The predicted molar refractivity (Wildman–Crippen MR) is 148 cm³/mol. The Bertz CT molecular complexity index is 1890. The lowest BCUT2D eigenvalue weighted by Crippen LogP contribution is -2.19. The molecule has 0 atom stereocenters. The number of pyridine rings is 3. The highest BCUT2D eigenvalue weighted by atomic mass is 35.5. The first-order valence-electron chi connectivity index (χ1n) is 12.0. The zero-order valence-electron chi connectivity index (χ0n) is 20.3. The number of rotatable bonds is 5. The summed E-state index contributed by atoms with van der Waals surface area (Å²) in [5.74, 6) is -0.614. The zero-order valence-corrected chi connectivity index (χ0v) is 21.1. The minimum Gasteiger partial charge on any atom is -0.420 e. The highest BCUT2D eigenvalue weighted by Crippen LogP contribution is 2.36. The number of esters is 1. The van der Waals surface area contributed by atoms with Crippen LogP contribution in [0.25, 0.3) is 44.3 Å². The molecule has 0 bridgehead atoms. The third-order valence-corrected chi connectivity index (χ3v) is 6.70. The predicted octanol–water partition coefficient (Wildman–Crippen LogP) is 5.95. The first-order valence-corrected chi connectivity index (χ1v) is 12.3. The van der Waals surface area contributed by atoms with E-state index in [-0.39, 0.29) is 12.2 Å². The Morgan fingerprint density at radius 1 is 0.974 bits per heavy atom. The monoisotopic (exact) mass is 520 g/mol. The van der Waals surface area contributed by atoms with Crippen LogP contribution in [0.1, 0.15) is 5.69 Å². The topological polar surface area (TPSA) is 89.9 Å². The van der Waals surface area contributed by atoms with Gasteiger partial charge in [-0.3, -0.25) is 14.6 Å². The number of hydrogen-bond acceptors (Lipinski definition) is 5. The van der Waals surface area contributed by atoms with E-state index in [1.807, 2.05) is 90.6 Å². The van der Waals surface area contributed by atoms with Crippen LogP contribution < -0.4 is 10.3 Å². The lowest BCUT2D eigenvalue weighted by Gasteiger charge is -2.13. The number of ether oxygens (including phenoxy) is 1. The van der Waals surface area contributed by atoms with E-state index >= 15 is 0 Å². The summed E-state index contributed by atoms with van der Waals surface area (Å²) in [7, 11) is 1.85. The van der Waals surface area contributed by atoms with Crippen LogP contribution in [-0.4, -0.2) is 25.5 Å². The molecule has 0 radical (unpaired) electrons. The Hall–Kier alpha value is -4.75. The van der Waals surface area contributed by atoms with Crippen LogP contribution in [0.3, 0.4) is 0 Å². The second kappa shape index (κ2) is 9.61. The van der Waals surface area contributed by atoms with Crippen LogP contribution >= 0.6 is 11.6 Å². The number of hydrogen-bond donors (Lipinski definition) is 1. The van der Waals surface area contributed by atoms with E-state index in [1.165, 1.54) is 0 Å². The number of halogens is 1. The van der Waals surface area contributed by atoms with Gasteiger partial charge in [-0.2, -0.15) is 0 Å². The Kier molecular flexibility index (Phi) is 5.98. The van der Waals surface area contributed by atoms with Gasteiger partial charge in [0.25, 0.3) is 5.56 Å². The molecule has 0 saturated carbocycles. The van der Waals surface area contributed by atoms with Gasteiger partial charge in [0, 0.05) is 47.0 Å². The highest BCUT2D eigenvalue weighted by Gasteiger charge is 2.17. The lowest BCUT2D eigenvalue weighted by molar-refractivity contribution is -0.133. The van der Waals surface area contributed by atoms with E-state index in [0.717, 1.165) is 27.8 Å². The Morgan fingerprint density at radius 3 is 2.61 bits per heavy atom. The molecular weight excluding hydrogens is 500 g/mol. The molecule has 4 heterocycles. The van der Waals surface area contributed by atoms with Gasteiger partial charge in [-0.25, -0.2) is 4.98 Å². The van der Waals surface area contributed by atoms with Crippen molar-refractivity contribution in [3.63, 3.8) is 0 Å². The maximum absolute atomic E-state index is 12.8. The molecule has 0 amide bonds. The van der Waals surface area contributed by atoms with Crippen LogP contribution in [0.5, 0.6) is 5.75 Å². The largest absolute Gasteiger partial charge is 0.420 e. The van der Waals surface area contributed by atoms with Gasteiger partial charge in [0.15, 0.2) is 5.75 Å². The van der Waals surface area contributed by atoms with E-state index in [2.05, 4.69) is 9.97 Å². The normalized spacial score (nSPS) is 11.2. The third kappa shape index (κ3) is 4.44. The van der Waals surface area contributed by atoms with Crippen molar-refractivity contribution >= 4 is 39.5 Å². The van der Waals surface area contributed by atoms with E-state index in [0.29, 0.717) is 27.3 Å². The zero-order chi connectivity index (χ0) is 26.2. The summed E-state index contributed by atoms with van der Waals surface area (Å²) >= 11 is 6.61. The van der Waals surface area contributed by atoms with Crippen molar-refractivity contribution in [1.82, 2.24) is 19.5 Å². The Labute approximate surface area is 222 Å². The standard InChI is InChI=1S/C30H21ClN4O3/c1-35-12-6-10-22(35)17-26(36)38-25-16-21-14-23(20-13-19-9-5-11-32-28(19)24(31)15-20)27(18-7-3-2-4-8-18)33-29(21)34-30(25)37/h2-16H,17H2,1H3,(H,33,34,37). The summed E-state index contributed by atoms with van der Waals surface area (Å²) < 4.78 is 7.30. The van der Waals surface area contributed by atoms with Gasteiger partial charge in [0.2, 0.25) is 0 Å². The number of benzene rings is 2. The first kappa shape index (κ1) is 23.6. The fraction of sp³-hybridized carbons (Fsp3) is 0.0667. The van der Waals surface area contributed by atoms with Crippen LogP contribution in [0.15, 0.2) is 96.1 Å². The SMILES string of the molecule is Cn1cccc1CC(=O)Oc1cc2cc(-c3cc(Cl)c4ncccc4c3)c(-c3ccccc3)nc2[nH]c1=O. The second-order valence-electron chi connectivity index (χ2n) is 8.95. The average molecular weight is 521 g/mol. The van der Waals surface area contributed by atoms with Crippen LogP contribution in [-0.2, 0) is 18.3 Å². The number of carbonyl (C=O) groups excluding carboxylic acids is 1. The van der Waals surface area contributed by atoms with Gasteiger partial charge in [-0.05, 0) is 48.0 Å². The van der Waals surface area contributed by atoms with Crippen molar-refractivity contribution in [2.24, 2.45) is 7.05 Å². The molecule has 0 aliphatic carbocycles. The molecule has 8 heteroatoms. The number of fused-ring (bicyclic) bond motifs is 2. The van der Waals surface area contributed by atoms with Gasteiger partial charge in [-0.1, -0.05) is 48.0 Å². The van der Waals surface area contributed by atoms with E-state index in [4.69, 9.17) is 21.3 Å². The minimum absolute atomic E-state index is 0.0427. The van der Waals surface area contributed by atoms with Crippen LogP contribution in [0.4, 0.5) is 0 Å². The lowest BCUT2D eigenvalue weighted by atomic mass is 9.97. The van der Waals surface area contributed by atoms with Gasteiger partial charge in [0.05, 0.1) is 22.7 Å². The van der Waals surface area contributed by atoms with Crippen molar-refractivity contribution in [2.45, 2.75) is 6.42 Å². The number of nitrogens with one attached hydrogen (secondary N) is 1. The Morgan fingerprint density at radius 2 is 1.82 bits per heavy atom. The first-order chi connectivity index (χ1) is 18.5. The molecule has 186 valence electrons. The van der Waals surface area contributed by atoms with E-state index in [1.54, 1.807) is 12.3 Å². The van der Waals surface area contributed by atoms with Crippen molar-refractivity contribution in [3.05, 3.63) is 112 Å². The number of aryl methyl sites for hydroxylation is 1. The number of H-pyrrole nitrogens is 1. The molecule has 0 saturated heterocycles. The minimum atomic E-state index is -0.531. The van der Waals surface area contributed by atoms with Crippen LogP contribution in [0, 0.1) is 0 Å². The molecule has 0 fully saturated rings. The molecule has 7 nitrogen and oxygen atoms in total. The van der Waals surface area contributed by atoms with Crippen molar-refractivity contribution in [3.8, 4) is 28.1 Å². The summed E-state index contributed by atoms with van der Waals surface area (Å²) in [6.45, 7) is 0. The molecule has 1 N–H and O–H groups in total. The molecule has 0 aliphatic rings. The van der Waals surface area contributed by atoms with Crippen LogP contribution in [0.2, 0.25) is 5.02 Å². The highest BCUT2D eigenvalue weighted by molar-refractivity contribution is 6.35. The van der Waals surface area contributed by atoms with Crippen molar-refractivity contribution in [1.29, 1.82) is 0 Å². The quantitative estimate of drug-likeness (QED) is 0.284. The molecule has 6 aromatic rings. The van der Waals surface area contributed by atoms with Gasteiger partial charge in [0.1, 0.15) is 5.65 Å². The smallest absolute Gasteiger partial charge is 0.317 e. The van der Waals surface area contributed by atoms with Gasteiger partial charge >= 0.3 is 5.97 Å². The summed E-state index contributed by atoms with van der Waals surface area (Å²) in [5, 5.41) is 2.03. The molecule has 0 aliphatic heterocycles. The summed E-state index contributed by atoms with van der Waals surface area (Å²) in [6.07, 6.45) is 3.59. The van der Waals surface area contributed by atoms with E-state index in [9.17, 15) is 9.59 Å². The average Bonchev–Trinajstić information content (AvgIpc) is 3.32. The van der Waals surface area contributed by atoms with Gasteiger partial charge in [-0.15, -0.1) is 0 Å². The van der Waals surface area contributed by atoms with Crippen molar-refractivity contribution < 1.29 is 9.53 Å². The summed E-state index contributed by atoms with van der Waals surface area (Å²) in [6, 6.07) is 24.5. The maximum Gasteiger partial charge on any atom is 0.317 e. The fourth-order valence-corrected chi connectivity index (χ4v) is 4.79. The molecule has 38 heavy (non-hydrogen) atoms. The molecule has 2 aromatic carbocycles. The summed E-state index contributed by atoms with van der Waals surface area (Å²) in [5.41, 5.74) is 4.56. The molecular formula is C30H21ClN4O3. The molecule has 6 rings (SSSR count). The number of nitrogens with zero attached hydrogens (tertiary/aromatic N) is 3. The van der Waals surface area contributed by atoms with Crippen molar-refractivity contribution in [2.75, 3.05) is 0 Å². The fourth-order valence-electron chi connectivity index (χ4n) is 4.52. The molecule has 0 unspecified atom stereocenters. The maximum atomic E-state index is 12.8. The molecule has 0 spiro atoms. The van der Waals surface area contributed by atoms with E-state index < -0.39 is 11.5 Å².